The second kappa shape index (κ2) is 3.56. The van der Waals surface area contributed by atoms with Crippen molar-refractivity contribution < 1.29 is 20.1 Å². The minimum Gasteiger partial charge on any atom is -0.387 e. The summed E-state index contributed by atoms with van der Waals surface area (Å²) < 4.78 is 7.04. The van der Waals surface area contributed by atoms with Gasteiger partial charge in [-0.25, -0.2) is 15.0 Å². The van der Waals surface area contributed by atoms with E-state index < -0.39 is 29.1 Å². The first-order valence-electron chi connectivity index (χ1n) is 6.52. The fourth-order valence-electron chi connectivity index (χ4n) is 3.28. The Hall–Kier alpha value is -2.25. The summed E-state index contributed by atoms with van der Waals surface area (Å²) in [7, 11) is 0. The summed E-state index contributed by atoms with van der Waals surface area (Å²) in [6.07, 6.45) is 5.54. The molecule has 2 aliphatic rings. The predicted octanol–water partition coefficient (Wildman–Crippen LogP) is -1.83. The van der Waals surface area contributed by atoms with Crippen molar-refractivity contribution in [1.29, 1.82) is 0 Å². The molecule has 1 aliphatic carbocycles. The Morgan fingerprint density at radius 1 is 1.41 bits per heavy atom. The molecule has 1 saturated carbocycles. The van der Waals surface area contributed by atoms with Gasteiger partial charge in [0.25, 0.3) is 0 Å². The van der Waals surface area contributed by atoms with Crippen molar-refractivity contribution in [1.82, 2.24) is 19.5 Å². The van der Waals surface area contributed by atoms with Crippen molar-refractivity contribution in [2.24, 2.45) is 0 Å². The molecule has 2 aromatic heterocycles. The normalized spacial score (nSPS) is 43.0. The highest BCUT2D eigenvalue weighted by molar-refractivity contribution is 5.81. The second-order valence-corrected chi connectivity index (χ2v) is 5.74. The standard InChI is InChI=1S/C13H13N5O4/c1-3-12(20)10(22-11(2)9(19)13(11,12)21)18-5-17-6-7(14)15-4-16-8(6)18/h1,4-5,9-10,19-21H,2H3,(H2,14,15,16)/t9?,10-,11-,12+,13+/m1/s1. The van der Waals surface area contributed by atoms with Crippen molar-refractivity contribution in [2.75, 3.05) is 5.73 Å². The molecule has 2 aromatic rings. The molecule has 5 N–H and O–H groups in total. The molecule has 9 nitrogen and oxygen atoms in total. The molecule has 1 saturated heterocycles. The molecule has 0 bridgehead atoms. The van der Waals surface area contributed by atoms with E-state index in [-0.39, 0.29) is 5.82 Å². The molecule has 5 atom stereocenters. The highest BCUT2D eigenvalue weighted by Crippen LogP contribution is 2.66. The van der Waals surface area contributed by atoms with E-state index in [1.54, 1.807) is 0 Å². The number of ether oxygens (including phenoxy) is 1. The smallest absolute Gasteiger partial charge is 0.205 e. The first-order chi connectivity index (χ1) is 10.3. The number of aliphatic hydroxyl groups excluding tert-OH is 1. The third-order valence-electron chi connectivity index (χ3n) is 4.75. The molecular formula is C13H13N5O4. The quantitative estimate of drug-likeness (QED) is 0.451. The van der Waals surface area contributed by atoms with Crippen LogP contribution in [0.3, 0.4) is 0 Å². The lowest BCUT2D eigenvalue weighted by atomic mass is 9.92. The maximum absolute atomic E-state index is 10.8. The molecule has 2 fully saturated rings. The largest absolute Gasteiger partial charge is 0.387 e. The summed E-state index contributed by atoms with van der Waals surface area (Å²) in [4.78, 5) is 12.0. The molecule has 0 radical (unpaired) electrons. The van der Waals surface area contributed by atoms with E-state index in [4.69, 9.17) is 16.9 Å². The number of nitrogens with zero attached hydrogens (tertiary/aromatic N) is 4. The Bertz CT molecular complexity index is 847. The third-order valence-corrected chi connectivity index (χ3v) is 4.75. The van der Waals surface area contributed by atoms with Crippen LogP contribution in [0.4, 0.5) is 5.82 Å². The molecule has 22 heavy (non-hydrogen) atoms. The van der Waals surface area contributed by atoms with Gasteiger partial charge in [-0.3, -0.25) is 4.57 Å². The number of hydrogen-bond acceptors (Lipinski definition) is 8. The van der Waals surface area contributed by atoms with E-state index in [1.165, 1.54) is 24.1 Å². The van der Waals surface area contributed by atoms with Crippen LogP contribution in [0.1, 0.15) is 13.2 Å². The van der Waals surface area contributed by atoms with E-state index in [0.29, 0.717) is 11.2 Å². The van der Waals surface area contributed by atoms with E-state index in [1.807, 2.05) is 0 Å². The van der Waals surface area contributed by atoms with Crippen LogP contribution in [0.5, 0.6) is 0 Å². The summed E-state index contributed by atoms with van der Waals surface area (Å²) >= 11 is 0. The minimum atomic E-state index is -2.14. The van der Waals surface area contributed by atoms with Gasteiger partial charge in [0.1, 0.15) is 23.5 Å². The SMILES string of the molecule is C#C[C@]1(O)[C@H](n2cnc3c(N)ncnc32)O[C@]2(C)C(O)[C@]21O. The van der Waals surface area contributed by atoms with Crippen LogP contribution in [-0.4, -0.2) is 57.7 Å². The van der Waals surface area contributed by atoms with E-state index in [9.17, 15) is 15.3 Å². The van der Waals surface area contributed by atoms with Gasteiger partial charge < -0.3 is 25.8 Å². The van der Waals surface area contributed by atoms with E-state index >= 15 is 0 Å². The maximum Gasteiger partial charge on any atom is 0.205 e. The number of nitrogens with two attached hydrogens (primary N) is 1. The van der Waals surface area contributed by atoms with Crippen molar-refractivity contribution >= 4 is 17.0 Å². The summed E-state index contributed by atoms with van der Waals surface area (Å²) in [6, 6.07) is 0. The summed E-state index contributed by atoms with van der Waals surface area (Å²) in [6.45, 7) is 1.47. The number of nitrogen functional groups attached to an aromatic ring is 1. The van der Waals surface area contributed by atoms with Crippen molar-refractivity contribution in [2.45, 2.75) is 36.1 Å². The summed E-state index contributed by atoms with van der Waals surface area (Å²) in [5.74, 6) is 2.31. The van der Waals surface area contributed by atoms with Crippen LogP contribution in [-0.2, 0) is 4.74 Å². The fraction of sp³-hybridized carbons (Fsp3) is 0.462. The number of aliphatic hydroxyl groups is 3. The zero-order chi connectivity index (χ0) is 15.9. The first kappa shape index (κ1) is 13.4. The molecule has 9 heteroatoms. The average Bonchev–Trinajstić information content (AvgIpc) is 2.86. The molecule has 1 aliphatic heterocycles. The Balaban J connectivity index is 1.91. The fourth-order valence-corrected chi connectivity index (χ4v) is 3.28. The van der Waals surface area contributed by atoms with E-state index in [2.05, 4.69) is 20.9 Å². The Labute approximate surface area is 124 Å². The minimum absolute atomic E-state index is 0.168. The summed E-state index contributed by atoms with van der Waals surface area (Å²) in [5.41, 5.74) is 0.866. The number of anilines is 1. The van der Waals surface area contributed by atoms with Gasteiger partial charge in [-0.2, -0.15) is 0 Å². The molecule has 4 rings (SSSR count). The average molecular weight is 303 g/mol. The molecule has 0 amide bonds. The Morgan fingerprint density at radius 2 is 2.14 bits per heavy atom. The van der Waals surface area contributed by atoms with Gasteiger partial charge in [-0.05, 0) is 6.92 Å². The van der Waals surface area contributed by atoms with Gasteiger partial charge in [-0.15, -0.1) is 6.42 Å². The number of aromatic nitrogens is 4. The van der Waals surface area contributed by atoms with Gasteiger partial charge in [0.05, 0.1) is 6.33 Å². The number of fused-ring (bicyclic) bond motifs is 2. The van der Waals surface area contributed by atoms with Gasteiger partial charge in [-0.1, -0.05) is 5.92 Å². The zero-order valence-electron chi connectivity index (χ0n) is 11.5. The lowest BCUT2D eigenvalue weighted by Gasteiger charge is -2.30. The van der Waals surface area contributed by atoms with Crippen LogP contribution < -0.4 is 5.73 Å². The van der Waals surface area contributed by atoms with Crippen LogP contribution in [0, 0.1) is 12.3 Å². The van der Waals surface area contributed by atoms with Crippen LogP contribution >= 0.6 is 0 Å². The van der Waals surface area contributed by atoms with Crippen molar-refractivity contribution in [3.05, 3.63) is 12.7 Å². The van der Waals surface area contributed by atoms with Crippen LogP contribution in [0.2, 0.25) is 0 Å². The molecule has 1 unspecified atom stereocenters. The number of hydrogen-bond donors (Lipinski definition) is 4. The molecular weight excluding hydrogens is 290 g/mol. The first-order valence-corrected chi connectivity index (χ1v) is 6.52. The zero-order valence-corrected chi connectivity index (χ0v) is 11.5. The molecule has 0 aromatic carbocycles. The predicted molar refractivity (Wildman–Crippen MR) is 73.0 cm³/mol. The molecule has 0 spiro atoms. The highest BCUT2D eigenvalue weighted by Gasteiger charge is 2.90. The number of rotatable bonds is 1. The number of imidazole rings is 1. The van der Waals surface area contributed by atoms with E-state index in [0.717, 1.165) is 0 Å². The van der Waals surface area contributed by atoms with Gasteiger partial charge in [0.15, 0.2) is 23.3 Å². The Kier molecular flexibility index (Phi) is 2.17. The van der Waals surface area contributed by atoms with Gasteiger partial charge in [0.2, 0.25) is 5.60 Å². The van der Waals surface area contributed by atoms with Gasteiger partial charge in [0, 0.05) is 0 Å². The summed E-state index contributed by atoms with van der Waals surface area (Å²) in [5, 5.41) is 31.2. The highest BCUT2D eigenvalue weighted by atomic mass is 16.6. The van der Waals surface area contributed by atoms with Crippen LogP contribution in [0.25, 0.3) is 11.2 Å². The van der Waals surface area contributed by atoms with Crippen molar-refractivity contribution in [3.8, 4) is 12.3 Å². The van der Waals surface area contributed by atoms with Gasteiger partial charge >= 0.3 is 0 Å². The van der Waals surface area contributed by atoms with Crippen LogP contribution in [0.15, 0.2) is 12.7 Å². The lowest BCUT2D eigenvalue weighted by molar-refractivity contribution is -0.142. The monoisotopic (exact) mass is 303 g/mol. The molecule has 3 heterocycles. The maximum atomic E-state index is 10.8. The Morgan fingerprint density at radius 3 is 2.82 bits per heavy atom. The second-order valence-electron chi connectivity index (χ2n) is 5.74. The molecule has 114 valence electrons. The number of terminal acetylenes is 1. The van der Waals surface area contributed by atoms with Crippen molar-refractivity contribution in [3.63, 3.8) is 0 Å². The topological polar surface area (TPSA) is 140 Å². The lowest BCUT2D eigenvalue weighted by Crippen LogP contribution is -2.50. The third kappa shape index (κ3) is 1.12.